The van der Waals surface area contributed by atoms with E-state index in [1.807, 2.05) is 0 Å². The summed E-state index contributed by atoms with van der Waals surface area (Å²) in [4.78, 5) is 0.294. The zero-order valence-corrected chi connectivity index (χ0v) is 7.90. The van der Waals surface area contributed by atoms with Gasteiger partial charge in [0.2, 0.25) is 0 Å². The molecule has 12 heavy (non-hydrogen) atoms. The first kappa shape index (κ1) is 9.55. The van der Waals surface area contributed by atoms with Crippen molar-refractivity contribution in [3.05, 3.63) is 29.6 Å². The molecule has 0 unspecified atom stereocenters. The third kappa shape index (κ3) is 1.99. The molecule has 0 heterocycles. The van der Waals surface area contributed by atoms with E-state index in [0.717, 1.165) is 0 Å². The van der Waals surface area contributed by atoms with E-state index in [-0.39, 0.29) is 0 Å². The van der Waals surface area contributed by atoms with E-state index in [1.54, 1.807) is 19.9 Å². The highest BCUT2D eigenvalue weighted by Crippen LogP contribution is 2.22. The molecule has 0 spiro atoms. The van der Waals surface area contributed by atoms with Gasteiger partial charge in [0.1, 0.15) is 5.82 Å². The third-order valence-corrected chi connectivity index (χ3v) is 2.02. The first-order chi connectivity index (χ1) is 5.41. The van der Waals surface area contributed by atoms with Gasteiger partial charge in [0.25, 0.3) is 0 Å². The first-order valence-electron chi connectivity index (χ1n) is 3.62. The maximum absolute atomic E-state index is 12.9. The Hall–Kier alpha value is -0.540. The molecule has 0 saturated heterocycles. The summed E-state index contributed by atoms with van der Waals surface area (Å²) in [5.74, 6) is -0.405. The maximum Gasteiger partial charge on any atom is 0.136 e. The molecule has 1 aromatic rings. The molecule has 0 aromatic heterocycles. The van der Waals surface area contributed by atoms with Gasteiger partial charge >= 0.3 is 0 Å². The number of halogens is 1. The minimum absolute atomic E-state index is 0.294. The van der Waals surface area contributed by atoms with Gasteiger partial charge in [0.15, 0.2) is 0 Å². The van der Waals surface area contributed by atoms with Gasteiger partial charge in [0.05, 0.1) is 5.60 Å². The van der Waals surface area contributed by atoms with Gasteiger partial charge in [0, 0.05) is 4.90 Å². The standard InChI is InChI=1S/C9H11FOS/c1-9(2,11)6-3-4-8(12)7(10)5-6/h3-5,11-12H,1-2H3. The molecule has 0 aliphatic heterocycles. The van der Waals surface area contributed by atoms with Gasteiger partial charge in [-0.1, -0.05) is 6.07 Å². The Balaban J connectivity index is 3.14. The van der Waals surface area contributed by atoms with Crippen LogP contribution in [0, 0.1) is 5.82 Å². The molecule has 0 saturated carbocycles. The zero-order chi connectivity index (χ0) is 9.35. The molecule has 66 valence electrons. The summed E-state index contributed by atoms with van der Waals surface area (Å²) in [7, 11) is 0. The number of aliphatic hydroxyl groups is 1. The van der Waals surface area contributed by atoms with E-state index < -0.39 is 11.4 Å². The number of hydrogen-bond donors (Lipinski definition) is 2. The molecule has 0 aliphatic rings. The van der Waals surface area contributed by atoms with Crippen molar-refractivity contribution in [1.29, 1.82) is 0 Å². The van der Waals surface area contributed by atoms with E-state index in [0.29, 0.717) is 10.5 Å². The van der Waals surface area contributed by atoms with Crippen LogP contribution in [0.25, 0.3) is 0 Å². The second-order valence-electron chi connectivity index (χ2n) is 3.23. The fraction of sp³-hybridized carbons (Fsp3) is 0.333. The number of thiol groups is 1. The Labute approximate surface area is 76.6 Å². The highest BCUT2D eigenvalue weighted by molar-refractivity contribution is 7.80. The summed E-state index contributed by atoms with van der Waals surface area (Å²) in [6.45, 7) is 3.22. The van der Waals surface area contributed by atoms with Crippen LogP contribution in [0.4, 0.5) is 4.39 Å². The maximum atomic E-state index is 12.9. The van der Waals surface area contributed by atoms with Gasteiger partial charge in [-0.2, -0.15) is 0 Å². The molecule has 0 radical (unpaired) electrons. The van der Waals surface area contributed by atoms with Crippen LogP contribution in [0.3, 0.4) is 0 Å². The van der Waals surface area contributed by atoms with E-state index in [9.17, 15) is 9.50 Å². The Bertz CT molecular complexity index is 291. The lowest BCUT2D eigenvalue weighted by atomic mass is 9.99. The molecule has 1 rings (SSSR count). The Morgan fingerprint density at radius 3 is 2.42 bits per heavy atom. The molecule has 1 N–H and O–H groups in total. The predicted molar refractivity (Wildman–Crippen MR) is 48.9 cm³/mol. The smallest absolute Gasteiger partial charge is 0.136 e. The minimum atomic E-state index is -0.998. The van der Waals surface area contributed by atoms with Gasteiger partial charge in [-0.15, -0.1) is 12.6 Å². The van der Waals surface area contributed by atoms with E-state index in [2.05, 4.69) is 12.6 Å². The normalized spacial score (nSPS) is 11.8. The Morgan fingerprint density at radius 2 is 2.00 bits per heavy atom. The van der Waals surface area contributed by atoms with Gasteiger partial charge in [-0.05, 0) is 31.5 Å². The average Bonchev–Trinajstić information content (AvgIpc) is 1.92. The molecule has 0 amide bonds. The van der Waals surface area contributed by atoms with Gasteiger partial charge < -0.3 is 5.11 Å². The van der Waals surface area contributed by atoms with Crippen molar-refractivity contribution in [2.75, 3.05) is 0 Å². The van der Waals surface area contributed by atoms with Crippen LogP contribution >= 0.6 is 12.6 Å². The van der Waals surface area contributed by atoms with Crippen LogP contribution in [-0.4, -0.2) is 5.11 Å². The largest absolute Gasteiger partial charge is 0.386 e. The van der Waals surface area contributed by atoms with Crippen LogP contribution in [0.2, 0.25) is 0 Å². The fourth-order valence-electron chi connectivity index (χ4n) is 0.887. The van der Waals surface area contributed by atoms with E-state index in [4.69, 9.17) is 0 Å². The van der Waals surface area contributed by atoms with Crippen molar-refractivity contribution in [2.45, 2.75) is 24.3 Å². The molecular formula is C9H11FOS. The summed E-state index contributed by atoms with van der Waals surface area (Å²) in [5.41, 5.74) is -0.444. The highest BCUT2D eigenvalue weighted by Gasteiger charge is 2.16. The molecule has 0 bridgehead atoms. The lowest BCUT2D eigenvalue weighted by molar-refractivity contribution is 0.0781. The SMILES string of the molecule is CC(C)(O)c1ccc(S)c(F)c1. The van der Waals surface area contributed by atoms with Crippen molar-refractivity contribution in [1.82, 2.24) is 0 Å². The van der Waals surface area contributed by atoms with E-state index >= 15 is 0 Å². The lowest BCUT2D eigenvalue weighted by Crippen LogP contribution is -2.15. The summed E-state index contributed by atoms with van der Waals surface area (Å²) in [6, 6.07) is 4.49. The van der Waals surface area contributed by atoms with Gasteiger partial charge in [-0.3, -0.25) is 0 Å². The molecule has 3 heteroatoms. The molecule has 0 fully saturated rings. The predicted octanol–water partition coefficient (Wildman–Crippen LogP) is 2.34. The number of rotatable bonds is 1. The third-order valence-electron chi connectivity index (χ3n) is 1.65. The Kier molecular flexibility index (Phi) is 2.44. The average molecular weight is 186 g/mol. The van der Waals surface area contributed by atoms with Gasteiger partial charge in [-0.25, -0.2) is 4.39 Å². The quantitative estimate of drug-likeness (QED) is 0.645. The first-order valence-corrected chi connectivity index (χ1v) is 4.07. The van der Waals surface area contributed by atoms with Crippen molar-refractivity contribution in [3.63, 3.8) is 0 Å². The van der Waals surface area contributed by atoms with Crippen molar-refractivity contribution in [3.8, 4) is 0 Å². The molecule has 1 nitrogen and oxygen atoms in total. The highest BCUT2D eigenvalue weighted by atomic mass is 32.1. The topological polar surface area (TPSA) is 20.2 Å². The zero-order valence-electron chi connectivity index (χ0n) is 7.00. The fourth-order valence-corrected chi connectivity index (χ4v) is 1.03. The number of hydrogen-bond acceptors (Lipinski definition) is 2. The number of benzene rings is 1. The Morgan fingerprint density at radius 1 is 1.42 bits per heavy atom. The van der Waals surface area contributed by atoms with Crippen molar-refractivity contribution < 1.29 is 9.50 Å². The molecule has 0 atom stereocenters. The second kappa shape index (κ2) is 3.07. The van der Waals surface area contributed by atoms with Crippen LogP contribution in [0.15, 0.2) is 23.1 Å². The summed E-state index contributed by atoms with van der Waals surface area (Å²) in [5, 5.41) is 9.51. The molecule has 1 aromatic carbocycles. The van der Waals surface area contributed by atoms with Crippen molar-refractivity contribution in [2.24, 2.45) is 0 Å². The van der Waals surface area contributed by atoms with Crippen LogP contribution in [-0.2, 0) is 5.60 Å². The van der Waals surface area contributed by atoms with Crippen LogP contribution in [0.5, 0.6) is 0 Å². The van der Waals surface area contributed by atoms with E-state index in [1.165, 1.54) is 12.1 Å². The summed E-state index contributed by atoms with van der Waals surface area (Å²) < 4.78 is 12.9. The van der Waals surface area contributed by atoms with Crippen LogP contribution < -0.4 is 0 Å². The summed E-state index contributed by atoms with van der Waals surface area (Å²) in [6.07, 6.45) is 0. The summed E-state index contributed by atoms with van der Waals surface area (Å²) >= 11 is 3.88. The van der Waals surface area contributed by atoms with Crippen LogP contribution in [0.1, 0.15) is 19.4 Å². The second-order valence-corrected chi connectivity index (χ2v) is 3.71. The van der Waals surface area contributed by atoms with Crippen molar-refractivity contribution >= 4 is 12.6 Å². The molecular weight excluding hydrogens is 175 g/mol. The lowest BCUT2D eigenvalue weighted by Gasteiger charge is -2.17. The molecule has 0 aliphatic carbocycles. The monoisotopic (exact) mass is 186 g/mol. The minimum Gasteiger partial charge on any atom is -0.386 e.